The molecule has 23 heavy (non-hydrogen) atoms. The third kappa shape index (κ3) is 3.43. The molecule has 0 unspecified atom stereocenters. The van der Waals surface area contributed by atoms with E-state index in [1.54, 1.807) is 31.5 Å². The number of rotatable bonds is 4. The molecule has 6 heteroatoms. The molecule has 2 N–H and O–H groups in total. The quantitative estimate of drug-likeness (QED) is 0.725. The third-order valence-electron chi connectivity index (χ3n) is 3.37. The number of carbonyl (C=O) groups excluding carboxylic acids is 1. The summed E-state index contributed by atoms with van der Waals surface area (Å²) in [4.78, 5) is 12.4. The van der Waals surface area contributed by atoms with E-state index in [-0.39, 0.29) is 5.91 Å². The van der Waals surface area contributed by atoms with E-state index in [1.165, 1.54) is 0 Å². The number of hydrogen-bond acceptors (Lipinski definition) is 3. The van der Waals surface area contributed by atoms with E-state index in [1.807, 2.05) is 30.3 Å². The van der Waals surface area contributed by atoms with E-state index >= 15 is 0 Å². The number of H-pyrrole nitrogens is 1. The van der Waals surface area contributed by atoms with Crippen molar-refractivity contribution in [3.8, 4) is 17.0 Å². The Kier molecular flexibility index (Phi) is 4.43. The van der Waals surface area contributed by atoms with Crippen LogP contribution in [0.15, 0.2) is 59.2 Å². The maximum Gasteiger partial charge on any atom is 0.256 e. The van der Waals surface area contributed by atoms with E-state index in [0.29, 0.717) is 21.5 Å². The molecule has 2 aromatic carbocycles. The summed E-state index contributed by atoms with van der Waals surface area (Å²) in [5.41, 5.74) is 3.16. The summed E-state index contributed by atoms with van der Waals surface area (Å²) in [6.45, 7) is 0. The van der Waals surface area contributed by atoms with E-state index in [2.05, 4.69) is 31.4 Å². The molecule has 0 bridgehead atoms. The van der Waals surface area contributed by atoms with Gasteiger partial charge in [-0.25, -0.2) is 0 Å². The lowest BCUT2D eigenvalue weighted by atomic mass is 10.1. The van der Waals surface area contributed by atoms with Crippen LogP contribution in [0, 0.1) is 0 Å². The van der Waals surface area contributed by atoms with E-state index < -0.39 is 0 Å². The predicted octanol–water partition coefficient (Wildman–Crippen LogP) is 4.10. The molecule has 0 fully saturated rings. The van der Waals surface area contributed by atoms with Crippen LogP contribution in [-0.4, -0.2) is 23.2 Å². The van der Waals surface area contributed by atoms with Gasteiger partial charge in [-0.2, -0.15) is 5.10 Å². The first-order valence-electron chi connectivity index (χ1n) is 6.92. The average molecular weight is 372 g/mol. The zero-order valence-electron chi connectivity index (χ0n) is 12.3. The lowest BCUT2D eigenvalue weighted by Crippen LogP contribution is -2.12. The van der Waals surface area contributed by atoms with Gasteiger partial charge >= 0.3 is 0 Å². The van der Waals surface area contributed by atoms with E-state index in [9.17, 15) is 4.79 Å². The number of anilines is 1. The number of carbonyl (C=O) groups is 1. The van der Waals surface area contributed by atoms with Gasteiger partial charge in [0.05, 0.1) is 18.4 Å². The van der Waals surface area contributed by atoms with Gasteiger partial charge in [0.1, 0.15) is 5.75 Å². The molecule has 0 atom stereocenters. The zero-order chi connectivity index (χ0) is 16.2. The predicted molar refractivity (Wildman–Crippen MR) is 92.7 cm³/mol. The van der Waals surface area contributed by atoms with Crippen LogP contribution >= 0.6 is 15.9 Å². The minimum atomic E-state index is -0.204. The third-order valence-corrected chi connectivity index (χ3v) is 4.06. The van der Waals surface area contributed by atoms with Gasteiger partial charge in [0.25, 0.3) is 5.91 Å². The average Bonchev–Trinajstić information content (AvgIpc) is 3.10. The molecule has 1 heterocycles. The van der Waals surface area contributed by atoms with E-state index in [0.717, 1.165) is 11.3 Å². The molecule has 0 aliphatic rings. The van der Waals surface area contributed by atoms with Crippen molar-refractivity contribution in [2.24, 2.45) is 0 Å². The zero-order valence-corrected chi connectivity index (χ0v) is 13.9. The molecular weight excluding hydrogens is 358 g/mol. The van der Waals surface area contributed by atoms with Gasteiger partial charge in [0.2, 0.25) is 0 Å². The Balaban J connectivity index is 1.78. The van der Waals surface area contributed by atoms with Gasteiger partial charge in [-0.15, -0.1) is 0 Å². The van der Waals surface area contributed by atoms with Gasteiger partial charge in [0.15, 0.2) is 0 Å². The summed E-state index contributed by atoms with van der Waals surface area (Å²) in [6, 6.07) is 14.7. The maximum absolute atomic E-state index is 12.4. The van der Waals surface area contributed by atoms with Crippen LogP contribution in [0.2, 0.25) is 0 Å². The number of amides is 1. The van der Waals surface area contributed by atoms with Crippen molar-refractivity contribution >= 4 is 27.5 Å². The number of halogens is 1. The van der Waals surface area contributed by atoms with Crippen molar-refractivity contribution in [3.05, 3.63) is 64.8 Å². The second-order valence-corrected chi connectivity index (χ2v) is 5.70. The van der Waals surface area contributed by atoms with Crippen LogP contribution in [0.5, 0.6) is 5.75 Å². The highest BCUT2D eigenvalue weighted by molar-refractivity contribution is 9.10. The number of nitrogens with one attached hydrogen (secondary N) is 2. The fraction of sp³-hybridized carbons (Fsp3) is 0.0588. The Hall–Kier alpha value is -2.60. The standard InChI is InChI=1S/C17H14BrN3O2/c1-23-13-6-7-15(18)14(10-13)17(22)20-12-4-2-11(3-5-12)16-8-9-19-21-16/h2-10H,1H3,(H,19,21)(H,20,22). The van der Waals surface area contributed by atoms with Crippen molar-refractivity contribution < 1.29 is 9.53 Å². The van der Waals surface area contributed by atoms with Crippen LogP contribution in [0.25, 0.3) is 11.3 Å². The van der Waals surface area contributed by atoms with Crippen LogP contribution < -0.4 is 10.1 Å². The lowest BCUT2D eigenvalue weighted by molar-refractivity contribution is 0.102. The number of ether oxygens (including phenoxy) is 1. The van der Waals surface area contributed by atoms with Crippen LogP contribution in [0.3, 0.4) is 0 Å². The van der Waals surface area contributed by atoms with Gasteiger partial charge < -0.3 is 10.1 Å². The van der Waals surface area contributed by atoms with Gasteiger partial charge in [-0.3, -0.25) is 9.89 Å². The molecule has 0 aliphatic heterocycles. The maximum atomic E-state index is 12.4. The summed E-state index contributed by atoms with van der Waals surface area (Å²) in [5, 5.41) is 9.70. The first-order valence-corrected chi connectivity index (χ1v) is 7.71. The number of aromatic nitrogens is 2. The molecule has 0 radical (unpaired) electrons. The Labute approximate surface area is 141 Å². The molecule has 3 aromatic rings. The normalized spacial score (nSPS) is 10.3. The van der Waals surface area contributed by atoms with Crippen LogP contribution in [0.1, 0.15) is 10.4 Å². The summed E-state index contributed by atoms with van der Waals surface area (Å²) in [5.74, 6) is 0.429. The lowest BCUT2D eigenvalue weighted by Gasteiger charge is -2.09. The molecule has 5 nitrogen and oxygen atoms in total. The van der Waals surface area contributed by atoms with Gasteiger partial charge in [-0.05, 0) is 57.9 Å². The fourth-order valence-corrected chi connectivity index (χ4v) is 2.58. The fourth-order valence-electron chi connectivity index (χ4n) is 2.15. The van der Waals surface area contributed by atoms with Gasteiger partial charge in [0, 0.05) is 16.4 Å². The highest BCUT2D eigenvalue weighted by Crippen LogP contribution is 2.24. The second kappa shape index (κ2) is 6.66. The Morgan fingerprint density at radius 2 is 1.96 bits per heavy atom. The number of methoxy groups -OCH3 is 1. The molecule has 1 aromatic heterocycles. The molecule has 0 aliphatic carbocycles. The van der Waals surface area contributed by atoms with Crippen molar-refractivity contribution in [2.45, 2.75) is 0 Å². The Bertz CT molecular complexity index is 814. The highest BCUT2D eigenvalue weighted by atomic mass is 79.9. The number of hydrogen-bond donors (Lipinski definition) is 2. The molecule has 3 rings (SSSR count). The topological polar surface area (TPSA) is 67.0 Å². The van der Waals surface area contributed by atoms with Gasteiger partial charge in [-0.1, -0.05) is 12.1 Å². The number of aromatic amines is 1. The molecule has 0 saturated heterocycles. The first kappa shape index (κ1) is 15.3. The summed E-state index contributed by atoms with van der Waals surface area (Å²) in [7, 11) is 1.57. The highest BCUT2D eigenvalue weighted by Gasteiger charge is 2.12. The minimum absolute atomic E-state index is 0.204. The monoisotopic (exact) mass is 371 g/mol. The van der Waals surface area contributed by atoms with Crippen LogP contribution in [0.4, 0.5) is 5.69 Å². The van der Waals surface area contributed by atoms with Crippen molar-refractivity contribution in [3.63, 3.8) is 0 Å². The largest absolute Gasteiger partial charge is 0.497 e. The van der Waals surface area contributed by atoms with Crippen LogP contribution in [-0.2, 0) is 0 Å². The summed E-state index contributed by atoms with van der Waals surface area (Å²) in [6.07, 6.45) is 1.70. The SMILES string of the molecule is COc1ccc(Br)c(C(=O)Nc2ccc(-c3ccn[nH]3)cc2)c1. The van der Waals surface area contributed by atoms with Crippen molar-refractivity contribution in [2.75, 3.05) is 12.4 Å². The van der Waals surface area contributed by atoms with E-state index in [4.69, 9.17) is 4.74 Å². The molecule has 1 amide bonds. The second-order valence-electron chi connectivity index (χ2n) is 4.85. The molecule has 116 valence electrons. The molecule has 0 spiro atoms. The Morgan fingerprint density at radius 3 is 2.61 bits per heavy atom. The summed E-state index contributed by atoms with van der Waals surface area (Å²) >= 11 is 3.38. The molecule has 0 saturated carbocycles. The minimum Gasteiger partial charge on any atom is -0.497 e. The molecular formula is C17H14BrN3O2. The number of benzene rings is 2. The van der Waals surface area contributed by atoms with Crippen molar-refractivity contribution in [1.82, 2.24) is 10.2 Å². The number of nitrogens with zero attached hydrogens (tertiary/aromatic N) is 1. The summed E-state index contributed by atoms with van der Waals surface area (Å²) < 4.78 is 5.87. The van der Waals surface area contributed by atoms with Crippen molar-refractivity contribution in [1.29, 1.82) is 0 Å². The smallest absolute Gasteiger partial charge is 0.256 e. The first-order chi connectivity index (χ1) is 11.2. The Morgan fingerprint density at radius 1 is 1.17 bits per heavy atom.